The van der Waals surface area contributed by atoms with Crippen LogP contribution in [0.25, 0.3) is 11.0 Å². The molecule has 1 aliphatic rings. The molecule has 1 saturated heterocycles. The summed E-state index contributed by atoms with van der Waals surface area (Å²) in [5.41, 5.74) is 2.94. The highest BCUT2D eigenvalue weighted by Crippen LogP contribution is 2.34. The predicted molar refractivity (Wildman–Crippen MR) is 104 cm³/mol. The van der Waals surface area contributed by atoms with Crippen molar-refractivity contribution in [2.24, 2.45) is 0 Å². The molecule has 2 aromatic carbocycles. The number of nitrogens with zero attached hydrogens (tertiary/aromatic N) is 3. The molecule has 0 aliphatic carbocycles. The molecule has 0 unspecified atom stereocenters. The minimum Gasteiger partial charge on any atom is -0.381 e. The fourth-order valence-electron chi connectivity index (χ4n) is 3.83. The van der Waals surface area contributed by atoms with Gasteiger partial charge in [-0.25, -0.2) is 9.07 Å². The van der Waals surface area contributed by atoms with Gasteiger partial charge in [-0.3, -0.25) is 4.79 Å². The van der Waals surface area contributed by atoms with E-state index in [0.717, 1.165) is 30.5 Å². The number of nitrogens with one attached hydrogen (secondary N) is 1. The zero-order valence-electron chi connectivity index (χ0n) is 15.8. The Balaban J connectivity index is 1.53. The Labute approximate surface area is 162 Å². The highest BCUT2D eigenvalue weighted by atomic mass is 19.1. The fourth-order valence-corrected chi connectivity index (χ4v) is 3.83. The Morgan fingerprint density at radius 3 is 2.68 bits per heavy atom. The first-order valence-corrected chi connectivity index (χ1v) is 9.56. The van der Waals surface area contributed by atoms with Gasteiger partial charge in [0.05, 0.1) is 5.52 Å². The van der Waals surface area contributed by atoms with Crippen LogP contribution in [0.15, 0.2) is 42.5 Å². The van der Waals surface area contributed by atoms with Gasteiger partial charge in [0, 0.05) is 37.3 Å². The van der Waals surface area contributed by atoms with Gasteiger partial charge in [-0.15, -0.1) is 5.10 Å². The van der Waals surface area contributed by atoms with E-state index in [1.165, 1.54) is 12.1 Å². The number of aryl methyl sites for hydroxylation is 1. The maximum atomic E-state index is 13.4. The van der Waals surface area contributed by atoms with Crippen LogP contribution in [-0.4, -0.2) is 40.7 Å². The summed E-state index contributed by atoms with van der Waals surface area (Å²) in [6, 6.07) is 12.0. The fraction of sp³-hybridized carbons (Fsp3) is 0.381. The van der Waals surface area contributed by atoms with Crippen LogP contribution in [0.2, 0.25) is 0 Å². The molecule has 0 bridgehead atoms. The van der Waals surface area contributed by atoms with Crippen LogP contribution in [0.5, 0.6) is 0 Å². The van der Waals surface area contributed by atoms with Crippen molar-refractivity contribution in [3.63, 3.8) is 0 Å². The second-order valence-electron chi connectivity index (χ2n) is 7.19. The number of carbonyl (C=O) groups excluding carboxylic acids is 1. The lowest BCUT2D eigenvalue weighted by Gasteiger charge is -2.38. The van der Waals surface area contributed by atoms with Gasteiger partial charge >= 0.3 is 0 Å². The van der Waals surface area contributed by atoms with E-state index in [-0.39, 0.29) is 17.1 Å². The molecule has 1 fully saturated rings. The quantitative estimate of drug-likeness (QED) is 0.736. The van der Waals surface area contributed by atoms with Crippen LogP contribution >= 0.6 is 0 Å². The second kappa shape index (κ2) is 7.67. The van der Waals surface area contributed by atoms with E-state index in [1.54, 1.807) is 16.8 Å². The number of halogens is 1. The van der Waals surface area contributed by atoms with Crippen molar-refractivity contribution in [1.29, 1.82) is 0 Å². The van der Waals surface area contributed by atoms with Crippen LogP contribution in [-0.2, 0) is 16.7 Å². The normalized spacial score (nSPS) is 16.2. The lowest BCUT2D eigenvalue weighted by molar-refractivity contribution is 0.0487. The van der Waals surface area contributed by atoms with Crippen molar-refractivity contribution in [2.45, 2.75) is 31.7 Å². The maximum absolute atomic E-state index is 13.4. The number of hydrogen-bond donors (Lipinski definition) is 1. The van der Waals surface area contributed by atoms with Crippen molar-refractivity contribution in [2.75, 3.05) is 19.8 Å². The van der Waals surface area contributed by atoms with E-state index in [2.05, 4.69) is 15.6 Å². The third-order valence-corrected chi connectivity index (χ3v) is 5.57. The van der Waals surface area contributed by atoms with Crippen LogP contribution in [0.1, 0.15) is 35.7 Å². The van der Waals surface area contributed by atoms with E-state index >= 15 is 0 Å². The first kappa shape index (κ1) is 18.6. The van der Waals surface area contributed by atoms with Crippen LogP contribution in [0.3, 0.4) is 0 Å². The first-order chi connectivity index (χ1) is 13.6. The number of rotatable bonds is 5. The highest BCUT2D eigenvalue weighted by Gasteiger charge is 2.35. The molecular formula is C21H23FN4O2. The largest absolute Gasteiger partial charge is 0.381 e. The molecule has 1 aromatic heterocycles. The van der Waals surface area contributed by atoms with Gasteiger partial charge in [-0.2, -0.15) is 0 Å². The Bertz CT molecular complexity index is 978. The number of carbonyl (C=O) groups is 1. The van der Waals surface area contributed by atoms with E-state index < -0.39 is 0 Å². The van der Waals surface area contributed by atoms with Crippen molar-refractivity contribution in [3.8, 4) is 0 Å². The van der Waals surface area contributed by atoms with Gasteiger partial charge < -0.3 is 10.1 Å². The molecule has 7 heteroatoms. The zero-order chi connectivity index (χ0) is 19.6. The minimum atomic E-state index is -0.261. The van der Waals surface area contributed by atoms with Crippen molar-refractivity contribution < 1.29 is 13.9 Å². The van der Waals surface area contributed by atoms with E-state index in [1.807, 2.05) is 25.1 Å². The monoisotopic (exact) mass is 382 g/mol. The summed E-state index contributed by atoms with van der Waals surface area (Å²) in [6.45, 7) is 4.45. The third-order valence-electron chi connectivity index (χ3n) is 5.57. The van der Waals surface area contributed by atoms with Crippen LogP contribution in [0.4, 0.5) is 4.39 Å². The summed E-state index contributed by atoms with van der Waals surface area (Å²) in [7, 11) is 0. The zero-order valence-corrected chi connectivity index (χ0v) is 15.8. The highest BCUT2D eigenvalue weighted by molar-refractivity contribution is 5.97. The lowest BCUT2D eigenvalue weighted by Crippen LogP contribution is -2.44. The van der Waals surface area contributed by atoms with Gasteiger partial charge in [-0.1, -0.05) is 17.3 Å². The summed E-state index contributed by atoms with van der Waals surface area (Å²) in [5, 5.41) is 11.3. The summed E-state index contributed by atoms with van der Waals surface area (Å²) in [6.07, 6.45) is 1.56. The molecule has 0 spiro atoms. The van der Waals surface area contributed by atoms with E-state index in [0.29, 0.717) is 30.8 Å². The van der Waals surface area contributed by atoms with Crippen LogP contribution in [0, 0.1) is 5.82 Å². The van der Waals surface area contributed by atoms with Gasteiger partial charge in [0.1, 0.15) is 11.3 Å². The van der Waals surface area contributed by atoms with Gasteiger partial charge in [0.2, 0.25) is 0 Å². The third kappa shape index (κ3) is 3.49. The van der Waals surface area contributed by atoms with E-state index in [9.17, 15) is 9.18 Å². The molecule has 2 heterocycles. The van der Waals surface area contributed by atoms with Crippen molar-refractivity contribution >= 4 is 16.9 Å². The molecule has 1 amide bonds. The van der Waals surface area contributed by atoms with Gasteiger partial charge in [-0.05, 0) is 55.7 Å². The molecule has 28 heavy (non-hydrogen) atoms. The molecule has 0 atom stereocenters. The summed E-state index contributed by atoms with van der Waals surface area (Å²) in [5.74, 6) is -0.413. The van der Waals surface area contributed by atoms with Crippen LogP contribution < -0.4 is 5.32 Å². The number of benzene rings is 2. The number of aromatic nitrogens is 3. The molecule has 3 aromatic rings. The standard InChI is InChI=1S/C21H23FN4O2/c1-2-26-19-8-3-15(13-18(19)24-25-26)20(27)23-14-21(9-11-28-12-10-21)16-4-6-17(22)7-5-16/h3-8,13H,2,9-12,14H2,1H3,(H,23,27). The van der Waals surface area contributed by atoms with Crippen molar-refractivity contribution in [3.05, 3.63) is 59.4 Å². The maximum Gasteiger partial charge on any atom is 0.251 e. The predicted octanol–water partition coefficient (Wildman–Crippen LogP) is 3.07. The SMILES string of the molecule is CCn1nnc2cc(C(=O)NCC3(c4ccc(F)cc4)CCOCC3)ccc21. The number of hydrogen-bond acceptors (Lipinski definition) is 4. The second-order valence-corrected chi connectivity index (χ2v) is 7.19. The Morgan fingerprint density at radius 2 is 1.96 bits per heavy atom. The average molecular weight is 382 g/mol. The molecule has 6 nitrogen and oxygen atoms in total. The number of fused-ring (bicyclic) bond motifs is 1. The van der Waals surface area contributed by atoms with Crippen molar-refractivity contribution in [1.82, 2.24) is 20.3 Å². The topological polar surface area (TPSA) is 69.0 Å². The lowest BCUT2D eigenvalue weighted by atomic mass is 9.74. The molecule has 1 N–H and O–H groups in total. The first-order valence-electron chi connectivity index (χ1n) is 9.56. The number of ether oxygens (including phenoxy) is 1. The molecular weight excluding hydrogens is 359 g/mol. The number of amides is 1. The summed E-state index contributed by atoms with van der Waals surface area (Å²) >= 11 is 0. The molecule has 4 rings (SSSR count). The van der Waals surface area contributed by atoms with Gasteiger partial charge in [0.15, 0.2) is 0 Å². The van der Waals surface area contributed by atoms with E-state index in [4.69, 9.17) is 4.74 Å². The Kier molecular flexibility index (Phi) is 5.09. The average Bonchev–Trinajstić information content (AvgIpc) is 3.15. The molecule has 0 radical (unpaired) electrons. The molecule has 1 aliphatic heterocycles. The Morgan fingerprint density at radius 1 is 1.21 bits per heavy atom. The summed E-state index contributed by atoms with van der Waals surface area (Å²) < 4.78 is 20.7. The van der Waals surface area contributed by atoms with Gasteiger partial charge in [0.25, 0.3) is 5.91 Å². The molecule has 0 saturated carbocycles. The molecule has 146 valence electrons. The smallest absolute Gasteiger partial charge is 0.251 e. The Hall–Kier alpha value is -2.80. The summed E-state index contributed by atoms with van der Waals surface area (Å²) in [4.78, 5) is 12.8. The minimum absolute atomic E-state index is 0.152.